The van der Waals surface area contributed by atoms with Gasteiger partial charge >= 0.3 is 0 Å². The Labute approximate surface area is 141 Å². The van der Waals surface area contributed by atoms with Crippen molar-refractivity contribution in [1.82, 2.24) is 10.2 Å². The first kappa shape index (κ1) is 19.9. The monoisotopic (exact) mass is 352 g/mol. The maximum Gasteiger partial charge on any atom is 0.289 e. The number of aliphatic hydroxyl groups is 1. The number of benzene rings is 1. The average molecular weight is 353 g/mol. The second kappa shape index (κ2) is 8.63. The third-order valence-corrected chi connectivity index (χ3v) is 3.82. The third kappa shape index (κ3) is 4.67. The van der Waals surface area contributed by atoms with Gasteiger partial charge in [0.1, 0.15) is 24.1 Å². The molecule has 1 aromatic rings. The number of aliphatic hydroxyl groups excluding tert-OH is 1. The molecule has 0 spiro atoms. The SMILES string of the molecule is COc1cc(OC)cc([C@H](N2CCNCC2)C(F)(F)CO)c1.Cl. The molecule has 1 atom stereocenters. The Morgan fingerprint density at radius 1 is 1.17 bits per heavy atom. The number of rotatable bonds is 6. The van der Waals surface area contributed by atoms with Crippen LogP contribution >= 0.6 is 12.4 Å². The Kier molecular flexibility index (Phi) is 7.47. The fraction of sp³-hybridized carbons (Fsp3) is 0.600. The van der Waals surface area contributed by atoms with E-state index in [4.69, 9.17) is 14.6 Å². The topological polar surface area (TPSA) is 54.0 Å². The summed E-state index contributed by atoms with van der Waals surface area (Å²) < 4.78 is 39.1. The molecule has 1 fully saturated rings. The normalized spacial score (nSPS) is 17.3. The molecule has 0 bridgehead atoms. The van der Waals surface area contributed by atoms with Crippen molar-refractivity contribution in [1.29, 1.82) is 0 Å². The van der Waals surface area contributed by atoms with Crippen LogP contribution < -0.4 is 14.8 Å². The largest absolute Gasteiger partial charge is 0.497 e. The Morgan fingerprint density at radius 3 is 2.13 bits per heavy atom. The van der Waals surface area contributed by atoms with Gasteiger partial charge in [-0.15, -0.1) is 12.4 Å². The number of hydrogen-bond acceptors (Lipinski definition) is 5. The number of alkyl halides is 2. The van der Waals surface area contributed by atoms with Crippen LogP contribution in [0.4, 0.5) is 8.78 Å². The highest BCUT2D eigenvalue weighted by molar-refractivity contribution is 5.85. The number of piperazine rings is 1. The van der Waals surface area contributed by atoms with Crippen molar-refractivity contribution in [3.05, 3.63) is 23.8 Å². The van der Waals surface area contributed by atoms with Gasteiger partial charge in [-0.25, -0.2) is 8.78 Å². The lowest BCUT2D eigenvalue weighted by Crippen LogP contribution is -2.51. The molecule has 132 valence electrons. The van der Waals surface area contributed by atoms with Crippen LogP contribution in [0.1, 0.15) is 11.6 Å². The quantitative estimate of drug-likeness (QED) is 0.816. The molecule has 1 aliphatic rings. The number of methoxy groups -OCH3 is 2. The lowest BCUT2D eigenvalue weighted by molar-refractivity contribution is -0.118. The second-order valence-corrected chi connectivity index (χ2v) is 5.25. The molecule has 0 saturated carbocycles. The zero-order chi connectivity index (χ0) is 16.2. The molecule has 0 unspecified atom stereocenters. The van der Waals surface area contributed by atoms with Crippen molar-refractivity contribution in [2.45, 2.75) is 12.0 Å². The summed E-state index contributed by atoms with van der Waals surface area (Å²) in [5, 5.41) is 12.3. The highest BCUT2D eigenvalue weighted by Gasteiger charge is 2.44. The van der Waals surface area contributed by atoms with Crippen LogP contribution in [0.15, 0.2) is 18.2 Å². The highest BCUT2D eigenvalue weighted by Crippen LogP contribution is 2.39. The van der Waals surface area contributed by atoms with Gasteiger partial charge in [0.05, 0.1) is 14.2 Å². The van der Waals surface area contributed by atoms with Crippen LogP contribution in [-0.4, -0.2) is 62.9 Å². The molecule has 1 aromatic carbocycles. The minimum atomic E-state index is -3.26. The predicted molar refractivity (Wildman–Crippen MR) is 86.0 cm³/mol. The second-order valence-electron chi connectivity index (χ2n) is 5.25. The molecule has 0 aliphatic carbocycles. The molecule has 1 heterocycles. The van der Waals surface area contributed by atoms with E-state index in [1.54, 1.807) is 23.1 Å². The van der Waals surface area contributed by atoms with E-state index in [0.717, 1.165) is 0 Å². The number of nitrogens with one attached hydrogen (secondary N) is 1. The molecule has 8 heteroatoms. The number of nitrogens with zero attached hydrogens (tertiary/aromatic N) is 1. The third-order valence-electron chi connectivity index (χ3n) is 3.82. The molecular formula is C15H23ClF2N2O3. The van der Waals surface area contributed by atoms with Gasteiger partial charge in [-0.05, 0) is 17.7 Å². The summed E-state index contributed by atoms with van der Waals surface area (Å²) in [5.41, 5.74) is 0.372. The summed E-state index contributed by atoms with van der Waals surface area (Å²) in [4.78, 5) is 1.68. The number of halogens is 3. The van der Waals surface area contributed by atoms with E-state index in [2.05, 4.69) is 5.32 Å². The molecule has 0 aromatic heterocycles. The maximum atomic E-state index is 14.4. The summed E-state index contributed by atoms with van der Waals surface area (Å²) in [7, 11) is 2.95. The zero-order valence-electron chi connectivity index (χ0n) is 13.2. The van der Waals surface area contributed by atoms with Crippen LogP contribution in [-0.2, 0) is 0 Å². The van der Waals surface area contributed by atoms with Crippen molar-refractivity contribution in [3.8, 4) is 11.5 Å². The first-order chi connectivity index (χ1) is 10.5. The van der Waals surface area contributed by atoms with E-state index in [-0.39, 0.29) is 12.4 Å². The van der Waals surface area contributed by atoms with Crippen molar-refractivity contribution in [2.24, 2.45) is 0 Å². The van der Waals surface area contributed by atoms with Crippen molar-refractivity contribution < 1.29 is 23.4 Å². The van der Waals surface area contributed by atoms with Crippen LogP contribution in [0.5, 0.6) is 11.5 Å². The Balaban J connectivity index is 0.00000264. The minimum absolute atomic E-state index is 0. The van der Waals surface area contributed by atoms with Crippen LogP contribution in [0, 0.1) is 0 Å². The zero-order valence-corrected chi connectivity index (χ0v) is 14.0. The van der Waals surface area contributed by atoms with E-state index in [1.165, 1.54) is 14.2 Å². The molecular weight excluding hydrogens is 330 g/mol. The average Bonchev–Trinajstić information content (AvgIpc) is 2.55. The standard InChI is InChI=1S/C15H22F2N2O3.ClH/c1-21-12-7-11(8-13(9-12)22-2)14(15(16,17)10-20)19-5-3-18-4-6-19;/h7-9,14,18,20H,3-6,10H2,1-2H3;1H/t14-;/m0./s1. The van der Waals surface area contributed by atoms with Gasteiger partial charge in [0, 0.05) is 32.2 Å². The highest BCUT2D eigenvalue weighted by atomic mass is 35.5. The van der Waals surface area contributed by atoms with E-state index in [0.29, 0.717) is 43.2 Å². The summed E-state index contributed by atoms with van der Waals surface area (Å²) in [6.07, 6.45) is 0. The van der Waals surface area contributed by atoms with Crippen LogP contribution in [0.3, 0.4) is 0 Å². The van der Waals surface area contributed by atoms with Gasteiger partial charge in [-0.2, -0.15) is 0 Å². The van der Waals surface area contributed by atoms with Gasteiger partial charge in [0.2, 0.25) is 0 Å². The Morgan fingerprint density at radius 2 is 1.70 bits per heavy atom. The van der Waals surface area contributed by atoms with Gasteiger partial charge in [-0.3, -0.25) is 4.90 Å². The summed E-state index contributed by atoms with van der Waals surface area (Å²) in [5.74, 6) is -2.36. The molecule has 2 N–H and O–H groups in total. The van der Waals surface area contributed by atoms with E-state index < -0.39 is 18.6 Å². The fourth-order valence-electron chi connectivity index (χ4n) is 2.74. The predicted octanol–water partition coefficient (Wildman–Crippen LogP) is 1.70. The Hall–Kier alpha value is -1.15. The molecule has 23 heavy (non-hydrogen) atoms. The van der Waals surface area contributed by atoms with Crippen molar-refractivity contribution >= 4 is 12.4 Å². The van der Waals surface area contributed by atoms with Gasteiger partial charge in [0.15, 0.2) is 0 Å². The van der Waals surface area contributed by atoms with E-state index >= 15 is 0 Å². The first-order valence-electron chi connectivity index (χ1n) is 7.18. The molecule has 0 radical (unpaired) electrons. The molecule has 0 amide bonds. The molecule has 1 saturated heterocycles. The molecule has 2 rings (SSSR count). The summed E-state index contributed by atoms with van der Waals surface area (Å²) in [6, 6.07) is 3.55. The van der Waals surface area contributed by atoms with E-state index in [9.17, 15) is 8.78 Å². The van der Waals surface area contributed by atoms with Crippen molar-refractivity contribution in [2.75, 3.05) is 47.0 Å². The summed E-state index contributed by atoms with van der Waals surface area (Å²) in [6.45, 7) is 1.04. The van der Waals surface area contributed by atoms with Crippen molar-refractivity contribution in [3.63, 3.8) is 0 Å². The lowest BCUT2D eigenvalue weighted by Gasteiger charge is -2.38. The fourth-order valence-corrected chi connectivity index (χ4v) is 2.74. The van der Waals surface area contributed by atoms with Gasteiger partial charge in [0.25, 0.3) is 5.92 Å². The smallest absolute Gasteiger partial charge is 0.289 e. The number of ether oxygens (including phenoxy) is 2. The lowest BCUT2D eigenvalue weighted by atomic mass is 9.97. The van der Waals surface area contributed by atoms with Gasteiger partial charge < -0.3 is 19.9 Å². The van der Waals surface area contributed by atoms with E-state index in [1.807, 2.05) is 0 Å². The Bertz CT molecular complexity index is 477. The molecule has 5 nitrogen and oxygen atoms in total. The van der Waals surface area contributed by atoms with Crippen LogP contribution in [0.2, 0.25) is 0 Å². The maximum absolute atomic E-state index is 14.4. The molecule has 1 aliphatic heterocycles. The minimum Gasteiger partial charge on any atom is -0.497 e. The first-order valence-corrected chi connectivity index (χ1v) is 7.18. The van der Waals surface area contributed by atoms with Gasteiger partial charge in [-0.1, -0.05) is 0 Å². The summed E-state index contributed by atoms with van der Waals surface area (Å²) >= 11 is 0. The number of hydrogen-bond donors (Lipinski definition) is 2. The van der Waals surface area contributed by atoms with Crippen LogP contribution in [0.25, 0.3) is 0 Å².